The molecule has 4 rings (SSSR count). The molecule has 1 spiro atoms. The lowest BCUT2D eigenvalue weighted by molar-refractivity contribution is -0.133. The van der Waals surface area contributed by atoms with Crippen molar-refractivity contribution in [1.82, 2.24) is 10.2 Å². The van der Waals surface area contributed by atoms with Gasteiger partial charge in [-0.1, -0.05) is 43.2 Å². The van der Waals surface area contributed by atoms with Crippen molar-refractivity contribution in [2.45, 2.75) is 56.3 Å². The predicted molar refractivity (Wildman–Crippen MR) is 73.4 cm³/mol. The van der Waals surface area contributed by atoms with E-state index >= 15 is 0 Å². The molecule has 0 bridgehead atoms. The molecule has 1 N–H and O–H groups in total. The number of nitrogens with one attached hydrogen (secondary N) is 1. The Balaban J connectivity index is 1.69. The number of amides is 1. The van der Waals surface area contributed by atoms with Gasteiger partial charge in [0.2, 0.25) is 5.91 Å². The van der Waals surface area contributed by atoms with Crippen LogP contribution in [0.25, 0.3) is 0 Å². The Morgan fingerprint density at radius 2 is 1.79 bits per heavy atom. The van der Waals surface area contributed by atoms with Crippen molar-refractivity contribution in [3.8, 4) is 0 Å². The van der Waals surface area contributed by atoms with Crippen molar-refractivity contribution < 1.29 is 4.79 Å². The van der Waals surface area contributed by atoms with E-state index in [1.165, 1.54) is 31.2 Å². The first kappa shape index (κ1) is 11.5. The molecule has 19 heavy (non-hydrogen) atoms. The molecule has 1 amide bonds. The fourth-order valence-corrected chi connectivity index (χ4v) is 3.68. The quantitative estimate of drug-likeness (QED) is 0.882. The molecule has 1 aromatic carbocycles. The summed E-state index contributed by atoms with van der Waals surface area (Å²) in [5, 5.41) is 3.61. The van der Waals surface area contributed by atoms with Gasteiger partial charge in [-0.15, -0.1) is 0 Å². The normalized spacial score (nSPS) is 29.4. The minimum atomic E-state index is -0.205. The molecule has 0 radical (unpaired) electrons. The Hall–Kier alpha value is -1.35. The summed E-state index contributed by atoms with van der Waals surface area (Å²) in [6.45, 7) is 0. The summed E-state index contributed by atoms with van der Waals surface area (Å²) >= 11 is 0. The van der Waals surface area contributed by atoms with Crippen LogP contribution in [0.1, 0.15) is 50.3 Å². The zero-order valence-electron chi connectivity index (χ0n) is 11.1. The number of rotatable bonds is 2. The molecule has 1 atom stereocenters. The molecule has 1 aliphatic heterocycles. The lowest BCUT2D eigenvalue weighted by Gasteiger charge is -2.30. The molecule has 1 unspecified atom stereocenters. The molecular formula is C16H20N2O. The van der Waals surface area contributed by atoms with Crippen molar-refractivity contribution in [1.29, 1.82) is 0 Å². The fraction of sp³-hybridized carbons (Fsp3) is 0.562. The van der Waals surface area contributed by atoms with Crippen molar-refractivity contribution in [2.24, 2.45) is 0 Å². The fourth-order valence-electron chi connectivity index (χ4n) is 3.68. The molecule has 100 valence electrons. The Morgan fingerprint density at radius 1 is 1.11 bits per heavy atom. The largest absolute Gasteiger partial charge is 0.318 e. The zero-order valence-corrected chi connectivity index (χ0v) is 11.1. The summed E-state index contributed by atoms with van der Waals surface area (Å²) < 4.78 is 0. The van der Waals surface area contributed by atoms with Gasteiger partial charge in [-0.05, 0) is 31.2 Å². The lowest BCUT2D eigenvalue weighted by atomic mass is 10.1. The number of nitrogens with zero attached hydrogens (tertiary/aromatic N) is 1. The van der Waals surface area contributed by atoms with Crippen LogP contribution in [0.5, 0.6) is 0 Å². The van der Waals surface area contributed by atoms with Crippen molar-refractivity contribution >= 4 is 5.91 Å². The highest BCUT2D eigenvalue weighted by molar-refractivity contribution is 5.92. The molecule has 1 aromatic rings. The average Bonchev–Trinajstić information content (AvgIpc) is 2.91. The van der Waals surface area contributed by atoms with E-state index in [2.05, 4.69) is 34.5 Å². The van der Waals surface area contributed by atoms with E-state index in [-0.39, 0.29) is 11.7 Å². The van der Waals surface area contributed by atoms with Gasteiger partial charge in [-0.2, -0.15) is 0 Å². The van der Waals surface area contributed by atoms with Gasteiger partial charge in [0.05, 0.1) is 0 Å². The van der Waals surface area contributed by atoms with Gasteiger partial charge in [0, 0.05) is 6.04 Å². The molecule has 2 aliphatic carbocycles. The summed E-state index contributed by atoms with van der Waals surface area (Å²) in [5.41, 5.74) is 1.02. The van der Waals surface area contributed by atoms with Crippen LogP contribution in [0.3, 0.4) is 0 Å². The summed E-state index contributed by atoms with van der Waals surface area (Å²) in [6, 6.07) is 10.9. The first-order valence-corrected chi connectivity index (χ1v) is 7.46. The third-order valence-electron chi connectivity index (χ3n) is 4.92. The van der Waals surface area contributed by atoms with Gasteiger partial charge in [-0.25, -0.2) is 0 Å². The van der Waals surface area contributed by atoms with Gasteiger partial charge in [0.15, 0.2) is 0 Å². The summed E-state index contributed by atoms with van der Waals surface area (Å²) in [6.07, 6.45) is 7.00. The van der Waals surface area contributed by atoms with E-state index in [4.69, 9.17) is 0 Å². The van der Waals surface area contributed by atoms with Crippen LogP contribution in [0.15, 0.2) is 30.3 Å². The zero-order chi connectivity index (χ0) is 12.9. The maximum atomic E-state index is 12.7. The van der Waals surface area contributed by atoms with E-state index < -0.39 is 0 Å². The van der Waals surface area contributed by atoms with Crippen molar-refractivity contribution in [3.05, 3.63) is 35.9 Å². The number of benzene rings is 1. The minimum Gasteiger partial charge on any atom is -0.318 e. The molecule has 3 heteroatoms. The maximum Gasteiger partial charge on any atom is 0.244 e. The molecule has 0 aromatic heterocycles. The molecule has 1 heterocycles. The topological polar surface area (TPSA) is 32.3 Å². The summed E-state index contributed by atoms with van der Waals surface area (Å²) in [5.74, 6) is 0.355. The van der Waals surface area contributed by atoms with Crippen LogP contribution >= 0.6 is 0 Å². The van der Waals surface area contributed by atoms with Crippen LogP contribution < -0.4 is 5.32 Å². The van der Waals surface area contributed by atoms with E-state index in [1.807, 2.05) is 6.07 Å². The van der Waals surface area contributed by atoms with Crippen LogP contribution in [-0.4, -0.2) is 22.4 Å². The smallest absolute Gasteiger partial charge is 0.244 e. The van der Waals surface area contributed by atoms with E-state index in [9.17, 15) is 4.79 Å². The highest BCUT2D eigenvalue weighted by atomic mass is 16.2. The van der Waals surface area contributed by atoms with Gasteiger partial charge in [0.1, 0.15) is 11.7 Å². The number of hydrogen-bond acceptors (Lipinski definition) is 2. The van der Waals surface area contributed by atoms with Crippen molar-refractivity contribution in [2.75, 3.05) is 0 Å². The minimum absolute atomic E-state index is 0.0966. The summed E-state index contributed by atoms with van der Waals surface area (Å²) in [7, 11) is 0. The second-order valence-electron chi connectivity index (χ2n) is 6.19. The van der Waals surface area contributed by atoms with E-state index in [1.54, 1.807) is 0 Å². The number of carbonyl (C=O) groups excluding carboxylic acids is 1. The SMILES string of the molecule is O=C1N(C2CCCC2)C(c2ccccc2)NC12CC2. The third-order valence-corrected chi connectivity index (χ3v) is 4.92. The highest BCUT2D eigenvalue weighted by Crippen LogP contribution is 2.48. The van der Waals surface area contributed by atoms with Crippen LogP contribution in [0.2, 0.25) is 0 Å². The average molecular weight is 256 g/mol. The molecule has 1 saturated heterocycles. The van der Waals surface area contributed by atoms with Crippen LogP contribution in [0, 0.1) is 0 Å². The van der Waals surface area contributed by atoms with Gasteiger partial charge in [0.25, 0.3) is 0 Å². The van der Waals surface area contributed by atoms with E-state index in [0.717, 1.165) is 12.8 Å². The Morgan fingerprint density at radius 3 is 2.42 bits per heavy atom. The molecule has 3 nitrogen and oxygen atoms in total. The van der Waals surface area contributed by atoms with Crippen molar-refractivity contribution in [3.63, 3.8) is 0 Å². The van der Waals surface area contributed by atoms with Crippen LogP contribution in [0.4, 0.5) is 0 Å². The Labute approximate surface area is 114 Å². The first-order valence-electron chi connectivity index (χ1n) is 7.46. The van der Waals surface area contributed by atoms with Crippen LogP contribution in [-0.2, 0) is 4.79 Å². The van der Waals surface area contributed by atoms with Gasteiger partial charge >= 0.3 is 0 Å². The Kier molecular flexibility index (Phi) is 2.46. The summed E-state index contributed by atoms with van der Waals surface area (Å²) in [4.78, 5) is 14.9. The number of carbonyl (C=O) groups is 1. The van der Waals surface area contributed by atoms with E-state index in [0.29, 0.717) is 11.9 Å². The number of hydrogen-bond donors (Lipinski definition) is 1. The second kappa shape index (κ2) is 4.07. The second-order valence-corrected chi connectivity index (χ2v) is 6.19. The first-order chi connectivity index (χ1) is 9.30. The van der Waals surface area contributed by atoms with Gasteiger partial charge < -0.3 is 4.90 Å². The molecule has 2 saturated carbocycles. The molecule has 3 aliphatic rings. The van der Waals surface area contributed by atoms with Gasteiger partial charge in [-0.3, -0.25) is 10.1 Å². The molecular weight excluding hydrogens is 236 g/mol. The predicted octanol–water partition coefficient (Wildman–Crippen LogP) is 2.59. The highest BCUT2D eigenvalue weighted by Gasteiger charge is 2.60. The Bertz CT molecular complexity index is 489. The maximum absolute atomic E-state index is 12.7. The monoisotopic (exact) mass is 256 g/mol. The standard InChI is InChI=1S/C16H20N2O/c19-15-16(10-11-16)17-14(12-6-2-1-3-7-12)18(15)13-8-4-5-9-13/h1-3,6-7,13-14,17H,4-5,8-11H2. The third kappa shape index (κ3) is 1.71. The lowest BCUT2D eigenvalue weighted by Crippen LogP contribution is -2.39. The molecule has 3 fully saturated rings.